The molecule has 0 radical (unpaired) electrons. The summed E-state index contributed by atoms with van der Waals surface area (Å²) >= 11 is 1.59. The molecule has 0 saturated heterocycles. The van der Waals surface area contributed by atoms with E-state index in [0.717, 1.165) is 96.2 Å². The molecule has 9 nitrogen and oxygen atoms in total. The van der Waals surface area contributed by atoms with E-state index >= 15 is 0 Å². The van der Waals surface area contributed by atoms with Crippen molar-refractivity contribution in [1.82, 2.24) is 19.4 Å². The number of nitrogens with one attached hydrogen (secondary N) is 1. The summed E-state index contributed by atoms with van der Waals surface area (Å²) in [6.45, 7) is 3.14. The van der Waals surface area contributed by atoms with Crippen molar-refractivity contribution >= 4 is 33.6 Å². The molecule has 212 valence electrons. The Balaban J connectivity index is 1.23. The Bertz CT molecular complexity index is 1690. The van der Waals surface area contributed by atoms with E-state index in [1.54, 1.807) is 23.0 Å². The van der Waals surface area contributed by atoms with Crippen LogP contribution in [0, 0.1) is 0 Å². The van der Waals surface area contributed by atoms with E-state index in [1.165, 1.54) is 10.6 Å². The fourth-order valence-electron chi connectivity index (χ4n) is 6.57. The summed E-state index contributed by atoms with van der Waals surface area (Å²) in [5.74, 6) is 0.149. The third kappa shape index (κ3) is 4.50. The molecule has 4 aliphatic rings. The van der Waals surface area contributed by atoms with Gasteiger partial charge in [0.1, 0.15) is 11.4 Å². The maximum absolute atomic E-state index is 13.2. The van der Waals surface area contributed by atoms with Gasteiger partial charge in [0.25, 0.3) is 5.56 Å². The fraction of sp³-hybridized carbons (Fsp3) is 0.387. The molecule has 1 aliphatic carbocycles. The van der Waals surface area contributed by atoms with Crippen LogP contribution in [0.2, 0.25) is 0 Å². The monoisotopic (exact) mass is 570 g/mol. The molecule has 2 N–H and O–H groups in total. The molecule has 0 unspecified atom stereocenters. The van der Waals surface area contributed by atoms with Gasteiger partial charge in [-0.2, -0.15) is 0 Å². The highest BCUT2D eigenvalue weighted by Crippen LogP contribution is 2.41. The maximum atomic E-state index is 13.2. The van der Waals surface area contributed by atoms with Crippen molar-refractivity contribution in [2.75, 3.05) is 36.9 Å². The van der Waals surface area contributed by atoms with Crippen LogP contribution in [0.5, 0.6) is 0 Å². The lowest BCUT2D eigenvalue weighted by Crippen LogP contribution is -2.37. The van der Waals surface area contributed by atoms with Crippen molar-refractivity contribution in [3.8, 4) is 11.1 Å². The molecule has 0 fully saturated rings. The molecule has 1 aromatic carbocycles. The summed E-state index contributed by atoms with van der Waals surface area (Å²) < 4.78 is 1.57. The molecule has 0 bridgehead atoms. The number of pyridine rings is 1. The number of ketones is 1. The minimum atomic E-state index is -0.171. The zero-order chi connectivity index (χ0) is 28.2. The van der Waals surface area contributed by atoms with Gasteiger partial charge in [-0.15, -0.1) is 11.3 Å². The van der Waals surface area contributed by atoms with E-state index in [4.69, 9.17) is 4.98 Å². The zero-order valence-corrected chi connectivity index (χ0v) is 24.3. The van der Waals surface area contributed by atoms with E-state index in [0.29, 0.717) is 12.2 Å². The van der Waals surface area contributed by atoms with Crippen LogP contribution >= 0.6 is 11.3 Å². The molecular weight excluding hydrogens is 536 g/mol. The summed E-state index contributed by atoms with van der Waals surface area (Å²) in [5.41, 5.74) is 7.64. The number of carbonyl (C=O) groups is 1. The normalized spacial score (nSPS) is 18.8. The van der Waals surface area contributed by atoms with Crippen molar-refractivity contribution < 1.29 is 9.90 Å². The molecule has 41 heavy (non-hydrogen) atoms. The number of Topliss-reactive ketones (excluding diaryl/α,β-unsaturated/α-hetero) is 1. The van der Waals surface area contributed by atoms with Crippen LogP contribution < -0.4 is 15.8 Å². The molecule has 0 spiro atoms. The highest BCUT2D eigenvalue weighted by Gasteiger charge is 2.38. The molecule has 5 heterocycles. The summed E-state index contributed by atoms with van der Waals surface area (Å²) in [5, 5.41) is 14.6. The summed E-state index contributed by atoms with van der Waals surface area (Å²) in [6.07, 6.45) is 8.71. The lowest BCUT2D eigenvalue weighted by molar-refractivity contribution is -0.112. The second kappa shape index (κ2) is 10.3. The molecule has 0 amide bonds. The first kappa shape index (κ1) is 26.2. The highest BCUT2D eigenvalue weighted by atomic mass is 32.1. The number of allylic oxidation sites excluding steroid dienone is 2. The number of nitrogens with zero attached hydrogens (tertiary/aromatic N) is 5. The standard InChI is InChI=1S/C31H34N6O3S/c1-34-11-10-23-28(17-34)41-31(32-23)33-24-14-19(15-35(2)30(24)40)20-7-5-9-25(22(20)18-38)36-12-13-37-26-8-4-3-6-21(26)29(39)27(37)16-36/h5,7,9,14-16,38H,3-4,6,8,10-13,17-18H2,1-2H3,(H,32,33). The Morgan fingerprint density at radius 1 is 1.07 bits per heavy atom. The first-order valence-corrected chi connectivity index (χ1v) is 15.1. The second-order valence-electron chi connectivity index (χ2n) is 11.3. The predicted octanol–water partition coefficient (Wildman–Crippen LogP) is 4.11. The predicted molar refractivity (Wildman–Crippen MR) is 161 cm³/mol. The average Bonchev–Trinajstić information content (AvgIpc) is 3.52. The lowest BCUT2D eigenvalue weighted by atomic mass is 9.96. The Morgan fingerprint density at radius 2 is 1.93 bits per heavy atom. The van der Waals surface area contributed by atoms with Crippen LogP contribution in [0.25, 0.3) is 11.1 Å². The summed E-state index contributed by atoms with van der Waals surface area (Å²) in [7, 11) is 3.85. The van der Waals surface area contributed by atoms with Crippen LogP contribution in [-0.4, -0.2) is 56.9 Å². The molecular formula is C31H34N6O3S. The van der Waals surface area contributed by atoms with Crippen LogP contribution in [0.1, 0.15) is 41.8 Å². The topological polar surface area (TPSA) is 93.9 Å². The third-order valence-electron chi connectivity index (χ3n) is 8.68. The van der Waals surface area contributed by atoms with Crippen LogP contribution in [0.3, 0.4) is 0 Å². The number of hydrogen-bond acceptors (Lipinski definition) is 9. The second-order valence-corrected chi connectivity index (χ2v) is 12.4. The zero-order valence-electron chi connectivity index (χ0n) is 23.4. The number of carbonyl (C=O) groups excluding carboxylic acids is 1. The van der Waals surface area contributed by atoms with E-state index in [1.807, 2.05) is 36.7 Å². The summed E-state index contributed by atoms with van der Waals surface area (Å²) in [4.78, 5) is 38.9. The first-order chi connectivity index (χ1) is 19.9. The SMILES string of the molecule is CN1CCc2nc(Nc3cc(-c4cccc(N5C=C6C(=O)C7=C(CCCC7)N6CC5)c4CO)cn(C)c3=O)sc2C1. The quantitative estimate of drug-likeness (QED) is 0.474. The van der Waals surface area contributed by atoms with Gasteiger partial charge in [-0.1, -0.05) is 12.1 Å². The molecule has 0 saturated carbocycles. The molecule has 3 aromatic rings. The van der Waals surface area contributed by atoms with Gasteiger partial charge in [0, 0.05) is 85.0 Å². The lowest BCUT2D eigenvalue weighted by Gasteiger charge is -2.35. The van der Waals surface area contributed by atoms with Crippen molar-refractivity contribution in [2.45, 2.75) is 45.3 Å². The number of thiazole rings is 1. The molecule has 7 rings (SSSR count). The highest BCUT2D eigenvalue weighted by molar-refractivity contribution is 7.15. The van der Waals surface area contributed by atoms with Crippen molar-refractivity contribution in [2.24, 2.45) is 7.05 Å². The number of likely N-dealkylation sites (N-methyl/N-ethyl adjacent to an activating group) is 1. The molecule has 2 aromatic heterocycles. The van der Waals surface area contributed by atoms with Gasteiger partial charge in [-0.3, -0.25) is 9.59 Å². The number of fused-ring (bicyclic) bond motifs is 3. The van der Waals surface area contributed by atoms with Gasteiger partial charge < -0.3 is 29.7 Å². The van der Waals surface area contributed by atoms with E-state index < -0.39 is 0 Å². The Hall–Kier alpha value is -3.73. The van der Waals surface area contributed by atoms with E-state index in [9.17, 15) is 14.7 Å². The van der Waals surface area contributed by atoms with Crippen molar-refractivity contribution in [1.29, 1.82) is 0 Å². The summed E-state index contributed by atoms with van der Waals surface area (Å²) in [6, 6.07) is 7.79. The minimum absolute atomic E-state index is 0.141. The number of aryl methyl sites for hydroxylation is 1. The van der Waals surface area contributed by atoms with Gasteiger partial charge in [0.05, 0.1) is 12.3 Å². The fourth-order valence-corrected chi connectivity index (χ4v) is 7.67. The minimum Gasteiger partial charge on any atom is -0.392 e. The van der Waals surface area contributed by atoms with Gasteiger partial charge in [0.15, 0.2) is 5.13 Å². The van der Waals surface area contributed by atoms with Crippen LogP contribution in [-0.2, 0) is 31.4 Å². The van der Waals surface area contributed by atoms with Gasteiger partial charge in [-0.05, 0) is 50.4 Å². The Kier molecular flexibility index (Phi) is 6.56. The molecule has 0 atom stereocenters. The number of aromatic nitrogens is 2. The number of anilines is 3. The third-order valence-corrected chi connectivity index (χ3v) is 9.68. The molecule has 10 heteroatoms. The number of rotatable bonds is 5. The van der Waals surface area contributed by atoms with Crippen molar-refractivity contribution in [3.05, 3.63) is 80.1 Å². The smallest absolute Gasteiger partial charge is 0.274 e. The van der Waals surface area contributed by atoms with E-state index in [-0.39, 0.29) is 17.9 Å². The number of aliphatic hydroxyl groups is 1. The van der Waals surface area contributed by atoms with Gasteiger partial charge >= 0.3 is 0 Å². The maximum Gasteiger partial charge on any atom is 0.274 e. The van der Waals surface area contributed by atoms with Gasteiger partial charge in [-0.25, -0.2) is 4.98 Å². The average molecular weight is 571 g/mol. The van der Waals surface area contributed by atoms with Gasteiger partial charge in [0.2, 0.25) is 5.78 Å². The van der Waals surface area contributed by atoms with Crippen molar-refractivity contribution in [3.63, 3.8) is 0 Å². The number of benzene rings is 1. The largest absolute Gasteiger partial charge is 0.392 e. The van der Waals surface area contributed by atoms with E-state index in [2.05, 4.69) is 27.1 Å². The Labute approximate surface area is 243 Å². The number of hydrogen-bond donors (Lipinski definition) is 2. The van der Waals surface area contributed by atoms with Crippen LogP contribution in [0.15, 0.2) is 58.4 Å². The first-order valence-electron chi connectivity index (χ1n) is 14.3. The molecule has 3 aliphatic heterocycles. The Morgan fingerprint density at radius 3 is 2.78 bits per heavy atom. The van der Waals surface area contributed by atoms with Crippen LogP contribution in [0.4, 0.5) is 16.5 Å². The number of aliphatic hydroxyl groups excluding tert-OH is 1.